The molecule has 0 radical (unpaired) electrons. The molecule has 2 aliphatic carbocycles. The summed E-state index contributed by atoms with van der Waals surface area (Å²) >= 11 is 13.1. The summed E-state index contributed by atoms with van der Waals surface area (Å²) in [5.74, 6) is 0.160. The maximum Gasteiger partial charge on any atom is 0.258 e. The van der Waals surface area contributed by atoms with Gasteiger partial charge in [0.25, 0.3) is 5.91 Å². The molecule has 0 aliphatic heterocycles. The van der Waals surface area contributed by atoms with Crippen LogP contribution in [0.2, 0.25) is 10.0 Å². The van der Waals surface area contributed by atoms with Gasteiger partial charge in [-0.05, 0) is 42.5 Å². The van der Waals surface area contributed by atoms with Gasteiger partial charge in [-0.15, -0.1) is 0 Å². The minimum absolute atomic E-state index is 0.0801. The zero-order valence-electron chi connectivity index (χ0n) is 17.5. The highest BCUT2D eigenvalue weighted by molar-refractivity contribution is 6.44. The highest BCUT2D eigenvalue weighted by Gasteiger charge is 2.45. The van der Waals surface area contributed by atoms with Gasteiger partial charge in [0.1, 0.15) is 10.8 Å². The number of ketones is 1. The third-order valence-corrected chi connectivity index (χ3v) is 6.71. The lowest BCUT2D eigenvalue weighted by molar-refractivity contribution is -0.129. The van der Waals surface area contributed by atoms with E-state index in [9.17, 15) is 9.59 Å². The highest BCUT2D eigenvalue weighted by Crippen LogP contribution is 2.58. The van der Waals surface area contributed by atoms with E-state index < -0.39 is 6.29 Å². The Balaban J connectivity index is 1.79. The van der Waals surface area contributed by atoms with E-state index in [0.29, 0.717) is 17.2 Å². The van der Waals surface area contributed by atoms with Crippen molar-refractivity contribution in [3.63, 3.8) is 0 Å². The van der Waals surface area contributed by atoms with E-state index >= 15 is 0 Å². The molecule has 6 nitrogen and oxygen atoms in total. The van der Waals surface area contributed by atoms with Crippen LogP contribution in [0, 0.1) is 5.41 Å². The lowest BCUT2D eigenvalue weighted by Gasteiger charge is -2.33. The van der Waals surface area contributed by atoms with Crippen molar-refractivity contribution in [1.82, 2.24) is 5.32 Å². The number of carbonyl (C=O) groups excluding carboxylic acids is 2. The van der Waals surface area contributed by atoms with E-state index in [2.05, 4.69) is 12.2 Å². The van der Waals surface area contributed by atoms with Crippen LogP contribution in [0.5, 0.6) is 5.75 Å². The first kappa shape index (κ1) is 23.1. The Morgan fingerprint density at radius 1 is 1.27 bits per heavy atom. The standard InChI is InChI=1S/C22H27Cl2NO5/c1-4-6-22-7-5-14(26)9-15(22)19-13(10-22)8-16(20(23)21(19)24)30-12-17(27)25-11-18(28-2)29-3/h8-9,18H,4-7,10-12H2,1-3H3,(H,25,27)/t22-/m1/s1. The molecule has 0 heterocycles. The molecular weight excluding hydrogens is 429 g/mol. The first-order chi connectivity index (χ1) is 14.3. The molecule has 0 aromatic heterocycles. The van der Waals surface area contributed by atoms with Gasteiger partial charge in [-0.2, -0.15) is 0 Å². The van der Waals surface area contributed by atoms with E-state index in [0.717, 1.165) is 42.4 Å². The third kappa shape index (κ3) is 4.52. The molecule has 0 saturated carbocycles. The van der Waals surface area contributed by atoms with Gasteiger partial charge < -0.3 is 19.5 Å². The van der Waals surface area contributed by atoms with E-state index in [1.165, 1.54) is 14.2 Å². The van der Waals surface area contributed by atoms with Crippen LogP contribution < -0.4 is 10.1 Å². The van der Waals surface area contributed by atoms with E-state index in [4.69, 9.17) is 37.4 Å². The first-order valence-electron chi connectivity index (χ1n) is 10.1. The first-order valence-corrected chi connectivity index (χ1v) is 10.8. The number of hydrogen-bond acceptors (Lipinski definition) is 5. The van der Waals surface area contributed by atoms with Gasteiger partial charge in [-0.3, -0.25) is 9.59 Å². The summed E-state index contributed by atoms with van der Waals surface area (Å²) < 4.78 is 15.7. The van der Waals surface area contributed by atoms with Gasteiger partial charge in [0.05, 0.1) is 11.6 Å². The lowest BCUT2D eigenvalue weighted by atomic mass is 9.70. The van der Waals surface area contributed by atoms with Crippen LogP contribution in [0.25, 0.3) is 5.57 Å². The second-order valence-corrected chi connectivity index (χ2v) is 8.52. The molecule has 8 heteroatoms. The van der Waals surface area contributed by atoms with Crippen molar-refractivity contribution >= 4 is 40.5 Å². The third-order valence-electron chi connectivity index (χ3n) is 5.86. The number of benzene rings is 1. The summed E-state index contributed by atoms with van der Waals surface area (Å²) in [7, 11) is 2.99. The topological polar surface area (TPSA) is 73.9 Å². The molecule has 0 saturated heterocycles. The summed E-state index contributed by atoms with van der Waals surface area (Å²) in [6, 6.07) is 1.85. The number of rotatable bonds is 9. The fourth-order valence-electron chi connectivity index (χ4n) is 4.44. The van der Waals surface area contributed by atoms with Crippen molar-refractivity contribution in [1.29, 1.82) is 0 Å². The predicted octanol–water partition coefficient (Wildman–Crippen LogP) is 4.20. The second-order valence-electron chi connectivity index (χ2n) is 7.76. The van der Waals surface area contributed by atoms with Crippen LogP contribution in [-0.2, 0) is 25.5 Å². The second kappa shape index (κ2) is 9.69. The zero-order valence-corrected chi connectivity index (χ0v) is 19.0. The number of methoxy groups -OCH3 is 2. The largest absolute Gasteiger partial charge is 0.482 e. The van der Waals surface area contributed by atoms with E-state index in [1.54, 1.807) is 6.08 Å². The molecule has 1 aromatic carbocycles. The molecular formula is C22H27Cl2NO5. The summed E-state index contributed by atoms with van der Waals surface area (Å²) in [6.45, 7) is 2.14. The monoisotopic (exact) mass is 455 g/mol. The molecule has 1 N–H and O–H groups in total. The Morgan fingerprint density at radius 3 is 2.67 bits per heavy atom. The summed E-state index contributed by atoms with van der Waals surface area (Å²) in [4.78, 5) is 24.2. The molecule has 2 aliphatic rings. The van der Waals surface area contributed by atoms with Crippen molar-refractivity contribution in [2.75, 3.05) is 27.4 Å². The van der Waals surface area contributed by atoms with Crippen molar-refractivity contribution in [3.8, 4) is 5.75 Å². The minimum Gasteiger partial charge on any atom is -0.482 e. The Labute approximate surface area is 186 Å². The molecule has 3 rings (SSSR count). The van der Waals surface area contributed by atoms with Crippen molar-refractivity contribution < 1.29 is 23.8 Å². The van der Waals surface area contributed by atoms with Crippen LogP contribution in [0.4, 0.5) is 0 Å². The smallest absolute Gasteiger partial charge is 0.258 e. The maximum atomic E-state index is 12.1. The highest BCUT2D eigenvalue weighted by atomic mass is 35.5. The molecule has 0 unspecified atom stereocenters. The van der Waals surface area contributed by atoms with Crippen LogP contribution >= 0.6 is 23.2 Å². The molecule has 1 atom stereocenters. The van der Waals surface area contributed by atoms with Gasteiger partial charge in [0, 0.05) is 31.6 Å². The van der Waals surface area contributed by atoms with Crippen LogP contribution in [0.1, 0.15) is 43.7 Å². The van der Waals surface area contributed by atoms with E-state index in [-0.39, 0.29) is 35.3 Å². The number of ether oxygens (including phenoxy) is 3. The normalized spacial score (nSPS) is 20.1. The fourth-order valence-corrected chi connectivity index (χ4v) is 4.96. The van der Waals surface area contributed by atoms with Gasteiger partial charge in [-0.1, -0.05) is 36.5 Å². The Hall–Kier alpha value is -1.60. The Bertz CT molecular complexity index is 866. The average molecular weight is 456 g/mol. The number of hydrogen-bond donors (Lipinski definition) is 1. The van der Waals surface area contributed by atoms with Crippen molar-refractivity contribution in [2.45, 2.75) is 45.3 Å². The van der Waals surface area contributed by atoms with Crippen LogP contribution in [0.3, 0.4) is 0 Å². The molecule has 30 heavy (non-hydrogen) atoms. The number of carbonyl (C=O) groups is 2. The molecule has 0 spiro atoms. The summed E-state index contributed by atoms with van der Waals surface area (Å²) in [5.41, 5.74) is 2.77. The van der Waals surface area contributed by atoms with Gasteiger partial charge in [0.2, 0.25) is 0 Å². The lowest BCUT2D eigenvalue weighted by Crippen LogP contribution is -2.36. The quantitative estimate of drug-likeness (QED) is 0.564. The predicted molar refractivity (Wildman–Crippen MR) is 116 cm³/mol. The molecule has 1 amide bonds. The molecule has 164 valence electrons. The number of nitrogens with one attached hydrogen (secondary N) is 1. The fraction of sp³-hybridized carbons (Fsp3) is 0.545. The summed E-state index contributed by atoms with van der Waals surface area (Å²) in [5, 5.41) is 3.30. The number of amides is 1. The number of fused-ring (bicyclic) bond motifs is 3. The SMILES string of the molecule is CCC[C@]12CCC(=O)C=C1c1c(cc(OCC(=O)NCC(OC)OC)c(Cl)c1Cl)C2. The average Bonchev–Trinajstić information content (AvgIpc) is 3.04. The van der Waals surface area contributed by atoms with Crippen molar-refractivity contribution in [2.24, 2.45) is 5.41 Å². The Kier molecular flexibility index (Phi) is 7.45. The minimum atomic E-state index is -0.527. The Morgan fingerprint density at radius 2 is 2.00 bits per heavy atom. The van der Waals surface area contributed by atoms with Gasteiger partial charge in [-0.25, -0.2) is 0 Å². The maximum absolute atomic E-state index is 12.1. The van der Waals surface area contributed by atoms with E-state index in [1.807, 2.05) is 6.07 Å². The zero-order chi connectivity index (χ0) is 21.9. The molecule has 0 fully saturated rings. The van der Waals surface area contributed by atoms with Gasteiger partial charge in [0.15, 0.2) is 18.7 Å². The summed E-state index contributed by atoms with van der Waals surface area (Å²) in [6.07, 6.45) is 5.36. The number of allylic oxidation sites excluding steroid dienone is 2. The van der Waals surface area contributed by atoms with Crippen LogP contribution in [-0.4, -0.2) is 45.4 Å². The molecule has 1 aromatic rings. The molecule has 0 bridgehead atoms. The van der Waals surface area contributed by atoms with Crippen molar-refractivity contribution in [3.05, 3.63) is 33.3 Å². The van der Waals surface area contributed by atoms with Crippen LogP contribution in [0.15, 0.2) is 12.1 Å². The number of halogens is 2. The van der Waals surface area contributed by atoms with Gasteiger partial charge >= 0.3 is 0 Å².